The fourth-order valence-corrected chi connectivity index (χ4v) is 4.42. The van der Waals surface area contributed by atoms with Crippen molar-refractivity contribution in [2.45, 2.75) is 59.2 Å². The molecule has 1 amide bonds. The normalized spacial score (nSPS) is 20.2. The Kier molecular flexibility index (Phi) is 8.16. The number of aryl methyl sites for hydroxylation is 1. The minimum Gasteiger partial charge on any atom is -0.499 e. The van der Waals surface area contributed by atoms with E-state index in [4.69, 9.17) is 9.47 Å². The second kappa shape index (κ2) is 10.9. The fraction of sp³-hybridized carbons (Fsp3) is 0.538. The molecule has 0 bridgehead atoms. The van der Waals surface area contributed by atoms with Gasteiger partial charge in [-0.25, -0.2) is 4.39 Å². The van der Waals surface area contributed by atoms with Gasteiger partial charge < -0.3 is 19.7 Å². The van der Waals surface area contributed by atoms with Gasteiger partial charge in [0.05, 0.1) is 20.8 Å². The van der Waals surface area contributed by atoms with Gasteiger partial charge in [0.15, 0.2) is 0 Å². The third-order valence-electron chi connectivity index (χ3n) is 6.90. The molecule has 2 aliphatic rings. The molecule has 1 N–H and O–H groups in total. The Bertz CT molecular complexity index is 952. The van der Waals surface area contributed by atoms with Gasteiger partial charge in [0.1, 0.15) is 23.4 Å². The lowest BCUT2D eigenvalue weighted by molar-refractivity contribution is -0.121. The zero-order valence-electron chi connectivity index (χ0n) is 20.4. The van der Waals surface area contributed by atoms with E-state index in [0.29, 0.717) is 42.1 Å². The predicted molar refractivity (Wildman–Crippen MR) is 128 cm³/mol. The van der Waals surface area contributed by atoms with Gasteiger partial charge in [0.25, 0.3) is 0 Å². The molecule has 1 fully saturated rings. The van der Waals surface area contributed by atoms with Crippen LogP contribution in [-0.2, 0) is 20.8 Å². The van der Waals surface area contributed by atoms with Crippen LogP contribution in [0.15, 0.2) is 47.0 Å². The van der Waals surface area contributed by atoms with Crippen LogP contribution in [0.3, 0.4) is 0 Å². The highest BCUT2D eigenvalue weighted by Crippen LogP contribution is 2.35. The van der Waals surface area contributed by atoms with Crippen molar-refractivity contribution in [3.63, 3.8) is 0 Å². The Morgan fingerprint density at radius 2 is 2.06 bits per heavy atom. The zero-order chi connectivity index (χ0) is 24.1. The molecule has 1 heterocycles. The molecule has 3 rings (SSSR count). The lowest BCUT2D eigenvalue weighted by Gasteiger charge is -2.33. The Balaban J connectivity index is 1.77. The molecule has 2 atom stereocenters. The number of ether oxygens (including phenoxy) is 2. The maximum absolute atomic E-state index is 14.9. The van der Waals surface area contributed by atoms with E-state index >= 15 is 0 Å². The first-order chi connectivity index (χ1) is 15.7. The van der Waals surface area contributed by atoms with Gasteiger partial charge in [-0.1, -0.05) is 51.0 Å². The summed E-state index contributed by atoms with van der Waals surface area (Å²) in [6.45, 7) is 10.6. The minimum atomic E-state index is -1.13. The summed E-state index contributed by atoms with van der Waals surface area (Å²) in [5.74, 6) is 1.83. The summed E-state index contributed by atoms with van der Waals surface area (Å²) < 4.78 is 25.8. The van der Waals surface area contributed by atoms with Gasteiger partial charge in [-0.15, -0.1) is 0 Å². The Hall–Kier alpha value is -2.83. The van der Waals surface area contributed by atoms with E-state index in [2.05, 4.69) is 23.8 Å². The summed E-state index contributed by atoms with van der Waals surface area (Å²) in [4.78, 5) is 19.1. The average molecular weight is 458 g/mol. The number of fused-ring (bicyclic) bond motifs is 1. The molecule has 7 heteroatoms. The number of carbonyl (C=O) groups excluding carboxylic acids is 1. The standard InChI is InChI=1S/C26H36FN3O3/c1-16-9-7-12-21-22(16)14-30(15-23(21)27)19(4)28-26(33-6)25(18(3)32-5)29-24(31)13-17(2)20-10-8-11-20/h7,9,12,17,20,23H,4,8,10-11,13-15H2,1-3,5-6H3,(H,29,31)/b25-18-,28-26+. The number of halogens is 1. The highest BCUT2D eigenvalue weighted by molar-refractivity contribution is 5.98. The van der Waals surface area contributed by atoms with E-state index < -0.39 is 6.17 Å². The SMILES string of the molecule is C=C(/N=C(OC)\C(NC(=O)CC(C)C1CCC1)=C(/C)OC)N1Cc2c(C)cccc2C(F)C1. The number of methoxy groups -OCH3 is 2. The van der Waals surface area contributed by atoms with Crippen LogP contribution in [0.25, 0.3) is 0 Å². The number of hydrogen-bond donors (Lipinski definition) is 1. The van der Waals surface area contributed by atoms with Gasteiger partial charge in [-0.05, 0) is 42.4 Å². The molecule has 1 aromatic carbocycles. The first-order valence-electron chi connectivity index (χ1n) is 11.6. The van der Waals surface area contributed by atoms with Crippen molar-refractivity contribution < 1.29 is 18.7 Å². The number of alkyl halides is 1. The van der Waals surface area contributed by atoms with Crippen molar-refractivity contribution in [2.24, 2.45) is 16.8 Å². The van der Waals surface area contributed by atoms with Gasteiger partial charge >= 0.3 is 0 Å². The number of allylic oxidation sites excluding steroid dienone is 1. The Morgan fingerprint density at radius 1 is 1.33 bits per heavy atom. The van der Waals surface area contributed by atoms with E-state index in [9.17, 15) is 9.18 Å². The third kappa shape index (κ3) is 5.75. The third-order valence-corrected chi connectivity index (χ3v) is 6.90. The van der Waals surface area contributed by atoms with Crippen molar-refractivity contribution >= 4 is 11.8 Å². The number of carbonyl (C=O) groups is 1. The summed E-state index contributed by atoms with van der Waals surface area (Å²) in [6, 6.07) is 5.69. The predicted octanol–water partition coefficient (Wildman–Crippen LogP) is 5.16. The van der Waals surface area contributed by atoms with Crippen LogP contribution in [-0.4, -0.2) is 37.5 Å². The Morgan fingerprint density at radius 3 is 2.67 bits per heavy atom. The topological polar surface area (TPSA) is 63.2 Å². The number of aliphatic imine (C=N–C) groups is 1. The number of rotatable bonds is 8. The first kappa shape index (κ1) is 24.8. The van der Waals surface area contributed by atoms with E-state index in [1.807, 2.05) is 25.1 Å². The maximum atomic E-state index is 14.9. The van der Waals surface area contributed by atoms with Crippen LogP contribution < -0.4 is 5.32 Å². The second-order valence-corrected chi connectivity index (χ2v) is 9.08. The van der Waals surface area contributed by atoms with Crippen LogP contribution in [0, 0.1) is 18.8 Å². The second-order valence-electron chi connectivity index (χ2n) is 9.08. The number of hydrogen-bond acceptors (Lipinski definition) is 5. The zero-order valence-corrected chi connectivity index (χ0v) is 20.4. The van der Waals surface area contributed by atoms with Crippen LogP contribution in [0.2, 0.25) is 0 Å². The number of amides is 1. The first-order valence-corrected chi connectivity index (χ1v) is 11.6. The lowest BCUT2D eigenvalue weighted by atomic mass is 9.75. The van der Waals surface area contributed by atoms with E-state index in [1.165, 1.54) is 33.5 Å². The highest BCUT2D eigenvalue weighted by Gasteiger charge is 2.29. The molecule has 0 spiro atoms. The number of nitrogens with zero attached hydrogens (tertiary/aromatic N) is 2. The number of nitrogens with one attached hydrogen (secondary N) is 1. The van der Waals surface area contributed by atoms with Crippen LogP contribution >= 0.6 is 0 Å². The Labute approximate surface area is 196 Å². The summed E-state index contributed by atoms with van der Waals surface area (Å²) in [7, 11) is 3.00. The van der Waals surface area contributed by atoms with Gasteiger partial charge in [0.2, 0.25) is 11.8 Å². The molecule has 33 heavy (non-hydrogen) atoms. The largest absolute Gasteiger partial charge is 0.499 e. The molecule has 0 saturated heterocycles. The van der Waals surface area contributed by atoms with Crippen molar-refractivity contribution in [3.05, 3.63) is 58.7 Å². The summed E-state index contributed by atoms with van der Waals surface area (Å²) in [5, 5.41) is 2.92. The summed E-state index contributed by atoms with van der Waals surface area (Å²) in [6.07, 6.45) is 2.91. The molecular formula is C26H36FN3O3. The lowest BCUT2D eigenvalue weighted by Crippen LogP contribution is -2.34. The van der Waals surface area contributed by atoms with Crippen LogP contribution in [0.4, 0.5) is 4.39 Å². The molecular weight excluding hydrogens is 421 g/mol. The molecule has 1 aliphatic heterocycles. The molecule has 6 nitrogen and oxygen atoms in total. The van der Waals surface area contributed by atoms with Gasteiger partial charge in [-0.3, -0.25) is 4.79 Å². The van der Waals surface area contributed by atoms with Gasteiger partial charge in [0, 0.05) is 13.0 Å². The van der Waals surface area contributed by atoms with Crippen molar-refractivity contribution in [1.29, 1.82) is 0 Å². The molecule has 2 unspecified atom stereocenters. The van der Waals surface area contributed by atoms with E-state index in [-0.39, 0.29) is 18.3 Å². The summed E-state index contributed by atoms with van der Waals surface area (Å²) in [5.41, 5.74) is 3.07. The molecule has 0 radical (unpaired) electrons. The van der Waals surface area contributed by atoms with Gasteiger partial charge in [-0.2, -0.15) is 4.99 Å². The maximum Gasteiger partial charge on any atom is 0.243 e. The van der Waals surface area contributed by atoms with Crippen LogP contribution in [0.5, 0.6) is 0 Å². The highest BCUT2D eigenvalue weighted by atomic mass is 19.1. The summed E-state index contributed by atoms with van der Waals surface area (Å²) >= 11 is 0. The van der Waals surface area contributed by atoms with Crippen molar-refractivity contribution in [2.75, 3.05) is 20.8 Å². The smallest absolute Gasteiger partial charge is 0.243 e. The minimum absolute atomic E-state index is 0.109. The van der Waals surface area contributed by atoms with E-state index in [0.717, 1.165) is 16.7 Å². The molecule has 1 saturated carbocycles. The fourth-order valence-electron chi connectivity index (χ4n) is 4.42. The quantitative estimate of drug-likeness (QED) is 0.333. The van der Waals surface area contributed by atoms with E-state index in [1.54, 1.807) is 11.8 Å². The van der Waals surface area contributed by atoms with Crippen molar-refractivity contribution in [3.8, 4) is 0 Å². The number of benzene rings is 1. The molecule has 1 aromatic rings. The molecule has 1 aliphatic carbocycles. The monoisotopic (exact) mass is 457 g/mol. The average Bonchev–Trinajstić information content (AvgIpc) is 2.74. The molecule has 0 aromatic heterocycles. The van der Waals surface area contributed by atoms with Crippen molar-refractivity contribution in [1.82, 2.24) is 10.2 Å². The molecule has 180 valence electrons. The van der Waals surface area contributed by atoms with Crippen LogP contribution in [0.1, 0.15) is 62.4 Å².